The maximum atomic E-state index is 11.8. The Hall–Kier alpha value is -1.96. The van der Waals surface area contributed by atoms with Crippen molar-refractivity contribution in [3.05, 3.63) is 27.1 Å². The number of rotatable bonds is 6. The molecule has 1 atom stereocenters. The third-order valence-corrected chi connectivity index (χ3v) is 3.34. The lowest BCUT2D eigenvalue weighted by molar-refractivity contribution is -0.380. The second-order valence-electron chi connectivity index (χ2n) is 4.39. The summed E-state index contributed by atoms with van der Waals surface area (Å²) in [5, 5.41) is 21.7. The van der Waals surface area contributed by atoms with Crippen molar-refractivity contribution >= 4 is 28.2 Å². The van der Waals surface area contributed by atoms with Crippen LogP contribution in [-0.4, -0.2) is 27.9 Å². The average molecular weight is 286 g/mol. The molecule has 1 aromatic rings. The minimum Gasteiger partial charge on any atom is -0.480 e. The summed E-state index contributed by atoms with van der Waals surface area (Å²) < 4.78 is 0. The molecular weight excluding hydrogens is 272 g/mol. The van der Waals surface area contributed by atoms with Crippen LogP contribution in [0.25, 0.3) is 0 Å². The highest BCUT2D eigenvalue weighted by atomic mass is 32.1. The second-order valence-corrected chi connectivity index (χ2v) is 5.45. The first kappa shape index (κ1) is 15.1. The standard InChI is InChI=1S/C11H14N2O5S/c1-6(2)5-7(11(15)16)12-10(14)8-3-4-9(19-8)13(17)18/h3-4,6-7H,5H2,1-2H3,(H,12,14)(H,15,16). The minimum absolute atomic E-state index is 0.110. The molecule has 1 heterocycles. The number of nitrogens with one attached hydrogen (secondary N) is 1. The minimum atomic E-state index is -1.12. The summed E-state index contributed by atoms with van der Waals surface area (Å²) in [6.45, 7) is 3.69. The molecule has 0 bridgehead atoms. The molecule has 0 fully saturated rings. The molecule has 2 N–H and O–H groups in total. The Morgan fingerprint density at radius 3 is 2.53 bits per heavy atom. The van der Waals surface area contributed by atoms with Crippen molar-refractivity contribution in [2.45, 2.75) is 26.3 Å². The Morgan fingerprint density at radius 1 is 1.47 bits per heavy atom. The number of nitro groups is 1. The largest absolute Gasteiger partial charge is 0.480 e. The lowest BCUT2D eigenvalue weighted by atomic mass is 10.0. The summed E-state index contributed by atoms with van der Waals surface area (Å²) in [4.78, 5) is 32.8. The van der Waals surface area contributed by atoms with Crippen LogP contribution in [0, 0.1) is 16.0 Å². The Morgan fingerprint density at radius 2 is 2.11 bits per heavy atom. The van der Waals surface area contributed by atoms with Gasteiger partial charge in [-0.2, -0.15) is 0 Å². The number of hydrogen-bond acceptors (Lipinski definition) is 5. The van der Waals surface area contributed by atoms with Crippen molar-refractivity contribution in [3.63, 3.8) is 0 Å². The van der Waals surface area contributed by atoms with E-state index >= 15 is 0 Å². The maximum absolute atomic E-state index is 11.8. The zero-order valence-corrected chi connectivity index (χ0v) is 11.3. The molecule has 19 heavy (non-hydrogen) atoms. The van der Waals surface area contributed by atoms with Gasteiger partial charge < -0.3 is 10.4 Å². The summed E-state index contributed by atoms with van der Waals surface area (Å²) in [7, 11) is 0. The maximum Gasteiger partial charge on any atom is 0.326 e. The van der Waals surface area contributed by atoms with Crippen molar-refractivity contribution in [1.82, 2.24) is 5.32 Å². The fourth-order valence-corrected chi connectivity index (χ4v) is 2.19. The number of hydrogen-bond donors (Lipinski definition) is 2. The molecule has 8 heteroatoms. The lowest BCUT2D eigenvalue weighted by Gasteiger charge is -2.15. The number of carbonyl (C=O) groups is 2. The predicted molar refractivity (Wildman–Crippen MR) is 69.3 cm³/mol. The van der Waals surface area contributed by atoms with E-state index in [1.807, 2.05) is 13.8 Å². The van der Waals surface area contributed by atoms with E-state index in [1.54, 1.807) is 0 Å². The first-order valence-corrected chi connectivity index (χ1v) is 6.40. The van der Waals surface area contributed by atoms with E-state index in [9.17, 15) is 19.7 Å². The van der Waals surface area contributed by atoms with Gasteiger partial charge in [0.25, 0.3) is 5.91 Å². The third-order valence-electron chi connectivity index (χ3n) is 2.31. The van der Waals surface area contributed by atoms with Crippen LogP contribution in [0.5, 0.6) is 0 Å². The molecule has 1 rings (SSSR count). The monoisotopic (exact) mass is 286 g/mol. The van der Waals surface area contributed by atoms with Gasteiger partial charge in [0.05, 0.1) is 9.80 Å². The van der Waals surface area contributed by atoms with E-state index in [4.69, 9.17) is 5.11 Å². The van der Waals surface area contributed by atoms with E-state index in [-0.39, 0.29) is 15.8 Å². The van der Waals surface area contributed by atoms with Gasteiger partial charge in [-0.25, -0.2) is 4.79 Å². The first-order valence-electron chi connectivity index (χ1n) is 5.59. The smallest absolute Gasteiger partial charge is 0.326 e. The van der Waals surface area contributed by atoms with Crippen LogP contribution in [-0.2, 0) is 4.79 Å². The van der Waals surface area contributed by atoms with Gasteiger partial charge in [0, 0.05) is 6.07 Å². The molecule has 1 aromatic heterocycles. The Balaban J connectivity index is 2.75. The van der Waals surface area contributed by atoms with Gasteiger partial charge in [-0.3, -0.25) is 14.9 Å². The van der Waals surface area contributed by atoms with E-state index in [1.165, 1.54) is 12.1 Å². The van der Waals surface area contributed by atoms with Crippen LogP contribution in [0.15, 0.2) is 12.1 Å². The fraction of sp³-hybridized carbons (Fsp3) is 0.455. The molecular formula is C11H14N2O5S. The molecule has 0 saturated carbocycles. The number of aliphatic carboxylic acids is 1. The van der Waals surface area contributed by atoms with Crippen LogP contribution < -0.4 is 5.32 Å². The molecule has 0 aliphatic carbocycles. The molecule has 0 aliphatic rings. The van der Waals surface area contributed by atoms with Crippen LogP contribution in [0.2, 0.25) is 0 Å². The highest BCUT2D eigenvalue weighted by Crippen LogP contribution is 2.23. The topological polar surface area (TPSA) is 110 Å². The number of amides is 1. The lowest BCUT2D eigenvalue weighted by Crippen LogP contribution is -2.41. The van der Waals surface area contributed by atoms with E-state index in [2.05, 4.69) is 5.32 Å². The molecule has 0 saturated heterocycles. The average Bonchev–Trinajstić information content (AvgIpc) is 2.76. The molecule has 0 aromatic carbocycles. The summed E-state index contributed by atoms with van der Waals surface area (Å²) in [6.07, 6.45) is 0.300. The quantitative estimate of drug-likeness (QED) is 0.613. The molecule has 0 radical (unpaired) electrons. The zero-order valence-electron chi connectivity index (χ0n) is 10.5. The number of carboxylic acids is 1. The molecule has 7 nitrogen and oxygen atoms in total. The summed E-state index contributed by atoms with van der Waals surface area (Å²) in [6, 6.07) is 1.54. The van der Waals surface area contributed by atoms with Crippen molar-refractivity contribution in [2.75, 3.05) is 0 Å². The summed E-state index contributed by atoms with van der Waals surface area (Å²) in [5.41, 5.74) is 0. The molecule has 0 aliphatic heterocycles. The molecule has 1 unspecified atom stereocenters. The summed E-state index contributed by atoms with van der Waals surface area (Å²) in [5.74, 6) is -1.61. The van der Waals surface area contributed by atoms with Crippen LogP contribution in [0.1, 0.15) is 29.9 Å². The van der Waals surface area contributed by atoms with Gasteiger partial charge in [0.2, 0.25) is 0 Å². The number of carbonyl (C=O) groups excluding carboxylic acids is 1. The number of thiophene rings is 1. The highest BCUT2D eigenvalue weighted by Gasteiger charge is 2.23. The highest BCUT2D eigenvalue weighted by molar-refractivity contribution is 7.17. The van der Waals surface area contributed by atoms with E-state index < -0.39 is 22.8 Å². The van der Waals surface area contributed by atoms with Crippen molar-refractivity contribution in [1.29, 1.82) is 0 Å². The van der Waals surface area contributed by atoms with E-state index in [0.29, 0.717) is 6.42 Å². The van der Waals surface area contributed by atoms with Gasteiger partial charge in [-0.1, -0.05) is 25.2 Å². The Bertz CT molecular complexity index is 497. The predicted octanol–water partition coefficient (Wildman–Crippen LogP) is 1.89. The summed E-state index contributed by atoms with van der Waals surface area (Å²) >= 11 is 0.718. The van der Waals surface area contributed by atoms with Gasteiger partial charge in [-0.15, -0.1) is 0 Å². The molecule has 1 amide bonds. The SMILES string of the molecule is CC(C)CC(NC(=O)c1ccc([N+](=O)[O-])s1)C(=O)O. The zero-order chi connectivity index (χ0) is 14.6. The van der Waals surface area contributed by atoms with Gasteiger partial charge in [-0.05, 0) is 18.4 Å². The fourth-order valence-electron chi connectivity index (χ4n) is 1.47. The van der Waals surface area contributed by atoms with Crippen molar-refractivity contribution in [2.24, 2.45) is 5.92 Å². The van der Waals surface area contributed by atoms with Gasteiger partial charge >= 0.3 is 11.0 Å². The molecule has 104 valence electrons. The van der Waals surface area contributed by atoms with E-state index in [0.717, 1.165) is 11.3 Å². The molecule has 0 spiro atoms. The Labute approximate surface area is 113 Å². The second kappa shape index (κ2) is 6.28. The normalized spacial score (nSPS) is 12.2. The van der Waals surface area contributed by atoms with Gasteiger partial charge in [0.15, 0.2) is 0 Å². The van der Waals surface area contributed by atoms with Crippen LogP contribution in [0.4, 0.5) is 5.00 Å². The number of nitrogens with zero attached hydrogens (tertiary/aromatic N) is 1. The van der Waals surface area contributed by atoms with Crippen LogP contribution >= 0.6 is 11.3 Å². The van der Waals surface area contributed by atoms with Crippen LogP contribution in [0.3, 0.4) is 0 Å². The first-order chi connectivity index (χ1) is 8.81. The van der Waals surface area contributed by atoms with Gasteiger partial charge in [0.1, 0.15) is 6.04 Å². The van der Waals surface area contributed by atoms with Crippen molar-refractivity contribution < 1.29 is 19.6 Å². The Kier molecular flexibility index (Phi) is 4.99. The van der Waals surface area contributed by atoms with Crippen molar-refractivity contribution in [3.8, 4) is 0 Å². The third kappa shape index (κ3) is 4.32. The number of carboxylic acid groups (broad SMARTS) is 1.